The van der Waals surface area contributed by atoms with Gasteiger partial charge in [-0.2, -0.15) is 14.6 Å². The molecule has 1 N–H and O–H groups in total. The summed E-state index contributed by atoms with van der Waals surface area (Å²) >= 11 is 0. The highest BCUT2D eigenvalue weighted by molar-refractivity contribution is 5.76. The Kier molecular flexibility index (Phi) is 4.47. The number of para-hydroxylation sites is 2. The number of hydrogen-bond acceptors (Lipinski definition) is 7. The number of aromatic nitrogens is 7. The minimum Gasteiger partial charge on any atom is -0.461 e. The highest BCUT2D eigenvalue weighted by Gasteiger charge is 2.44. The van der Waals surface area contributed by atoms with Crippen molar-refractivity contribution < 1.29 is 9.84 Å². The smallest absolute Gasteiger partial charge is 0.318 e. The normalized spacial score (nSPS) is 18.1. The molecule has 154 valence electrons. The minimum absolute atomic E-state index is 0.101. The number of fused-ring (bicyclic) bond motifs is 1. The lowest BCUT2D eigenvalue weighted by Gasteiger charge is -2.09. The van der Waals surface area contributed by atoms with Crippen LogP contribution in [0.15, 0.2) is 30.3 Å². The fourth-order valence-corrected chi connectivity index (χ4v) is 3.97. The van der Waals surface area contributed by atoms with Gasteiger partial charge in [-0.05, 0) is 32.4 Å². The number of benzene rings is 1. The third-order valence-electron chi connectivity index (χ3n) is 5.45. The number of nitrogens with zero attached hydrogens (tertiary/aromatic N) is 7. The standard InChI is InChI=1S/C21H23N7O2/c1-12-22-13(2)28(26-12)19-11-17(24-21(25-19)30-9-8-29)14-10-15(14)20-23-16-6-4-5-7-18(16)27(20)3/h4-7,11,14-15,29H,8-10H2,1-3H3/t14-,15?/m0/s1. The van der Waals surface area contributed by atoms with Crippen molar-refractivity contribution in [2.45, 2.75) is 32.1 Å². The van der Waals surface area contributed by atoms with Gasteiger partial charge in [0.15, 0.2) is 5.82 Å². The molecule has 1 saturated carbocycles. The SMILES string of the molecule is Cc1nc(C)n(-c2cc([C@H]3CC3c3nc4ccccc4n3C)nc(OCCO)n2)n1. The molecule has 0 radical (unpaired) electrons. The molecular formula is C21H23N7O2. The number of imidazole rings is 1. The Morgan fingerprint density at radius 3 is 2.67 bits per heavy atom. The highest BCUT2D eigenvalue weighted by Crippen LogP contribution is 2.54. The predicted molar refractivity (Wildman–Crippen MR) is 110 cm³/mol. The molecule has 2 atom stereocenters. The molecule has 9 heteroatoms. The van der Waals surface area contributed by atoms with Crippen LogP contribution in [-0.2, 0) is 7.05 Å². The van der Waals surface area contributed by atoms with Crippen LogP contribution in [0.3, 0.4) is 0 Å². The summed E-state index contributed by atoms with van der Waals surface area (Å²) in [6, 6.07) is 10.3. The second-order valence-corrected chi connectivity index (χ2v) is 7.59. The van der Waals surface area contributed by atoms with E-state index in [1.54, 1.807) is 4.68 Å². The van der Waals surface area contributed by atoms with Gasteiger partial charge in [-0.15, -0.1) is 5.10 Å². The van der Waals surface area contributed by atoms with E-state index < -0.39 is 0 Å². The predicted octanol–water partition coefficient (Wildman–Crippen LogP) is 2.20. The maximum atomic E-state index is 9.12. The summed E-state index contributed by atoms with van der Waals surface area (Å²) < 4.78 is 9.40. The fraction of sp³-hybridized carbons (Fsp3) is 0.381. The summed E-state index contributed by atoms with van der Waals surface area (Å²) in [7, 11) is 2.06. The molecule has 1 aromatic carbocycles. The van der Waals surface area contributed by atoms with Crippen molar-refractivity contribution in [3.63, 3.8) is 0 Å². The molecule has 9 nitrogen and oxygen atoms in total. The molecule has 1 aliphatic carbocycles. The van der Waals surface area contributed by atoms with E-state index in [1.165, 1.54) is 0 Å². The van der Waals surface area contributed by atoms with Gasteiger partial charge in [0.25, 0.3) is 0 Å². The van der Waals surface area contributed by atoms with Crippen molar-refractivity contribution in [2.24, 2.45) is 7.05 Å². The first-order valence-electron chi connectivity index (χ1n) is 10.00. The molecule has 30 heavy (non-hydrogen) atoms. The molecule has 0 saturated heterocycles. The molecule has 1 unspecified atom stereocenters. The summed E-state index contributed by atoms with van der Waals surface area (Å²) in [5, 5.41) is 13.6. The van der Waals surface area contributed by atoms with Crippen LogP contribution in [0.5, 0.6) is 6.01 Å². The van der Waals surface area contributed by atoms with E-state index in [-0.39, 0.29) is 31.1 Å². The Hall–Kier alpha value is -3.33. The van der Waals surface area contributed by atoms with Gasteiger partial charge in [-0.1, -0.05) is 12.1 Å². The Balaban J connectivity index is 1.51. The quantitative estimate of drug-likeness (QED) is 0.524. The second kappa shape index (κ2) is 7.17. The van der Waals surface area contributed by atoms with Crippen LogP contribution in [0.1, 0.15) is 41.4 Å². The van der Waals surface area contributed by atoms with Crippen LogP contribution in [-0.4, -0.2) is 52.6 Å². The maximum Gasteiger partial charge on any atom is 0.318 e. The van der Waals surface area contributed by atoms with E-state index in [4.69, 9.17) is 14.8 Å². The van der Waals surface area contributed by atoms with Crippen LogP contribution in [0, 0.1) is 13.8 Å². The van der Waals surface area contributed by atoms with Crippen molar-refractivity contribution >= 4 is 11.0 Å². The van der Waals surface area contributed by atoms with E-state index in [0.717, 1.165) is 34.8 Å². The van der Waals surface area contributed by atoms with Gasteiger partial charge in [0.1, 0.15) is 24.1 Å². The van der Waals surface area contributed by atoms with Gasteiger partial charge in [0, 0.05) is 24.9 Å². The number of rotatable bonds is 6. The third kappa shape index (κ3) is 3.21. The first-order chi connectivity index (χ1) is 14.5. The van der Waals surface area contributed by atoms with Crippen LogP contribution in [0.2, 0.25) is 0 Å². The third-order valence-corrected chi connectivity index (χ3v) is 5.45. The highest BCUT2D eigenvalue weighted by atomic mass is 16.5. The lowest BCUT2D eigenvalue weighted by atomic mass is 10.2. The minimum atomic E-state index is -0.101. The van der Waals surface area contributed by atoms with Gasteiger partial charge in [0.2, 0.25) is 0 Å². The van der Waals surface area contributed by atoms with Crippen molar-refractivity contribution in [1.29, 1.82) is 0 Å². The summed E-state index contributed by atoms with van der Waals surface area (Å²) in [5.74, 6) is 3.61. The number of ether oxygens (including phenoxy) is 1. The topological polar surface area (TPSA) is 104 Å². The number of hydrogen-bond donors (Lipinski definition) is 1. The average molecular weight is 405 g/mol. The van der Waals surface area contributed by atoms with Crippen LogP contribution >= 0.6 is 0 Å². The lowest BCUT2D eigenvalue weighted by molar-refractivity contribution is 0.191. The van der Waals surface area contributed by atoms with E-state index >= 15 is 0 Å². The monoisotopic (exact) mass is 405 g/mol. The van der Waals surface area contributed by atoms with E-state index in [9.17, 15) is 0 Å². The molecule has 4 aromatic rings. The van der Waals surface area contributed by atoms with Crippen molar-refractivity contribution in [2.75, 3.05) is 13.2 Å². The van der Waals surface area contributed by atoms with E-state index in [0.29, 0.717) is 11.6 Å². The number of aryl methyl sites for hydroxylation is 3. The largest absolute Gasteiger partial charge is 0.461 e. The number of aliphatic hydroxyl groups is 1. The second-order valence-electron chi connectivity index (χ2n) is 7.59. The average Bonchev–Trinajstić information content (AvgIpc) is 3.37. The molecule has 3 aromatic heterocycles. The molecule has 0 bridgehead atoms. The van der Waals surface area contributed by atoms with E-state index in [1.807, 2.05) is 38.1 Å². The molecule has 0 spiro atoms. The Bertz CT molecular complexity index is 1230. The molecule has 0 amide bonds. The molecule has 5 rings (SSSR count). The van der Waals surface area contributed by atoms with Gasteiger partial charge in [-0.25, -0.2) is 9.97 Å². The fourth-order valence-electron chi connectivity index (χ4n) is 3.97. The van der Waals surface area contributed by atoms with Crippen molar-refractivity contribution in [1.82, 2.24) is 34.3 Å². The lowest BCUT2D eigenvalue weighted by Crippen LogP contribution is -2.10. The van der Waals surface area contributed by atoms with Crippen LogP contribution < -0.4 is 4.74 Å². The zero-order valence-corrected chi connectivity index (χ0v) is 17.1. The molecule has 1 fully saturated rings. The maximum absolute atomic E-state index is 9.12. The molecule has 3 heterocycles. The Morgan fingerprint density at radius 2 is 1.93 bits per heavy atom. The molecule has 0 aliphatic heterocycles. The summed E-state index contributed by atoms with van der Waals surface area (Å²) in [5.41, 5.74) is 3.02. The van der Waals surface area contributed by atoms with Gasteiger partial charge in [0.05, 0.1) is 23.3 Å². The zero-order valence-electron chi connectivity index (χ0n) is 17.1. The van der Waals surface area contributed by atoms with Crippen LogP contribution in [0.25, 0.3) is 16.9 Å². The van der Waals surface area contributed by atoms with Gasteiger partial charge < -0.3 is 14.4 Å². The van der Waals surface area contributed by atoms with E-state index in [2.05, 4.69) is 37.7 Å². The number of aliphatic hydroxyl groups excluding tert-OH is 1. The van der Waals surface area contributed by atoms with Crippen molar-refractivity contribution in [3.8, 4) is 11.8 Å². The summed E-state index contributed by atoms with van der Waals surface area (Å²) in [6.07, 6.45) is 0.961. The Labute approximate surface area is 173 Å². The first kappa shape index (κ1) is 18.7. The molecular weight excluding hydrogens is 382 g/mol. The first-order valence-corrected chi connectivity index (χ1v) is 10.00. The van der Waals surface area contributed by atoms with Crippen molar-refractivity contribution in [3.05, 3.63) is 53.5 Å². The summed E-state index contributed by atoms with van der Waals surface area (Å²) in [4.78, 5) is 18.3. The zero-order chi connectivity index (χ0) is 20.8. The van der Waals surface area contributed by atoms with Gasteiger partial charge in [-0.3, -0.25) is 0 Å². The van der Waals surface area contributed by atoms with Crippen LogP contribution in [0.4, 0.5) is 0 Å². The summed E-state index contributed by atoms with van der Waals surface area (Å²) in [6.45, 7) is 3.76. The molecule has 1 aliphatic rings. The van der Waals surface area contributed by atoms with Gasteiger partial charge >= 0.3 is 6.01 Å². The Morgan fingerprint density at radius 1 is 1.10 bits per heavy atom.